The summed E-state index contributed by atoms with van der Waals surface area (Å²) in [6.45, 7) is 1.69. The summed E-state index contributed by atoms with van der Waals surface area (Å²) >= 11 is 0. The molecule has 2 heterocycles. The lowest BCUT2D eigenvalue weighted by molar-refractivity contribution is -0.116. The highest BCUT2D eigenvalue weighted by Gasteiger charge is 2.15. The van der Waals surface area contributed by atoms with E-state index in [9.17, 15) is 9.59 Å². The van der Waals surface area contributed by atoms with Crippen LogP contribution in [0.25, 0.3) is 16.6 Å². The minimum absolute atomic E-state index is 0.155. The number of amides is 1. The van der Waals surface area contributed by atoms with Crippen LogP contribution in [0.15, 0.2) is 53.3 Å². The SMILES string of the molecule is COc1cc(NC(=O)Cn2c(=O)c3ccccc3n3nc(C)cc23)cc(OC)c1. The maximum absolute atomic E-state index is 13.0. The molecule has 4 rings (SSSR count). The molecule has 0 unspecified atom stereocenters. The average molecular weight is 392 g/mol. The van der Waals surface area contributed by atoms with E-state index in [4.69, 9.17) is 9.47 Å². The second kappa shape index (κ2) is 7.31. The Hall–Kier alpha value is -3.81. The number of benzene rings is 2. The Morgan fingerprint density at radius 2 is 1.76 bits per heavy atom. The van der Waals surface area contributed by atoms with Gasteiger partial charge in [0.2, 0.25) is 5.91 Å². The van der Waals surface area contributed by atoms with Gasteiger partial charge in [0.1, 0.15) is 23.7 Å². The smallest absolute Gasteiger partial charge is 0.262 e. The summed E-state index contributed by atoms with van der Waals surface area (Å²) in [6.07, 6.45) is 0. The molecular formula is C21H20N4O4. The highest BCUT2D eigenvalue weighted by molar-refractivity contribution is 5.92. The van der Waals surface area contributed by atoms with Crippen LogP contribution in [0.2, 0.25) is 0 Å². The Bertz CT molecular complexity index is 1270. The summed E-state index contributed by atoms with van der Waals surface area (Å²) < 4.78 is 13.6. The molecule has 2 aromatic heterocycles. The van der Waals surface area contributed by atoms with Crippen molar-refractivity contribution in [2.75, 3.05) is 19.5 Å². The largest absolute Gasteiger partial charge is 0.497 e. The van der Waals surface area contributed by atoms with Gasteiger partial charge in [0.15, 0.2) is 0 Å². The molecule has 0 fully saturated rings. The molecular weight excluding hydrogens is 372 g/mol. The number of anilines is 1. The fourth-order valence-corrected chi connectivity index (χ4v) is 3.32. The molecule has 0 aliphatic carbocycles. The summed E-state index contributed by atoms with van der Waals surface area (Å²) in [6, 6.07) is 14.1. The lowest BCUT2D eigenvalue weighted by atomic mass is 10.2. The van der Waals surface area contributed by atoms with Crippen LogP contribution in [-0.2, 0) is 11.3 Å². The van der Waals surface area contributed by atoms with E-state index in [1.165, 1.54) is 18.8 Å². The molecule has 0 radical (unpaired) electrons. The van der Waals surface area contributed by atoms with Crippen molar-refractivity contribution in [2.45, 2.75) is 13.5 Å². The Balaban J connectivity index is 1.73. The molecule has 0 aliphatic heterocycles. The minimum atomic E-state index is -0.349. The number of carbonyl (C=O) groups excluding carboxylic acids is 1. The van der Waals surface area contributed by atoms with Gasteiger partial charge in [-0.1, -0.05) is 12.1 Å². The van der Waals surface area contributed by atoms with Gasteiger partial charge in [-0.25, -0.2) is 4.52 Å². The van der Waals surface area contributed by atoms with Crippen molar-refractivity contribution < 1.29 is 14.3 Å². The number of hydrogen-bond acceptors (Lipinski definition) is 5. The van der Waals surface area contributed by atoms with Gasteiger partial charge in [-0.15, -0.1) is 0 Å². The van der Waals surface area contributed by atoms with E-state index >= 15 is 0 Å². The number of ether oxygens (including phenoxy) is 2. The number of nitrogens with zero attached hydrogens (tertiary/aromatic N) is 3. The van der Waals surface area contributed by atoms with Crippen LogP contribution in [0, 0.1) is 6.92 Å². The molecule has 0 bridgehead atoms. The zero-order chi connectivity index (χ0) is 20.5. The molecule has 0 saturated carbocycles. The van der Waals surface area contributed by atoms with E-state index in [1.807, 2.05) is 19.1 Å². The average Bonchev–Trinajstić information content (AvgIpc) is 3.12. The van der Waals surface area contributed by atoms with Crippen LogP contribution < -0.4 is 20.3 Å². The molecule has 1 amide bonds. The van der Waals surface area contributed by atoms with Gasteiger partial charge in [0.25, 0.3) is 5.56 Å². The standard InChI is InChI=1S/C21H20N4O4/c1-13-8-20-24(21(27)17-6-4-5-7-18(17)25(20)23-13)12-19(26)22-14-9-15(28-2)11-16(10-14)29-3/h4-11H,12H2,1-3H3,(H,22,26). The van der Waals surface area contributed by atoms with E-state index in [0.717, 1.165) is 5.69 Å². The number of para-hydroxylation sites is 1. The number of methoxy groups -OCH3 is 2. The second-order valence-corrected chi connectivity index (χ2v) is 6.61. The third kappa shape index (κ3) is 3.40. The first-order valence-corrected chi connectivity index (χ1v) is 9.01. The van der Waals surface area contributed by atoms with Gasteiger partial charge in [-0.3, -0.25) is 14.2 Å². The van der Waals surface area contributed by atoms with Crippen molar-refractivity contribution in [1.29, 1.82) is 0 Å². The van der Waals surface area contributed by atoms with Crippen molar-refractivity contribution >= 4 is 28.1 Å². The van der Waals surface area contributed by atoms with Crippen LogP contribution in [0.5, 0.6) is 11.5 Å². The number of nitrogens with one attached hydrogen (secondary N) is 1. The topological polar surface area (TPSA) is 86.9 Å². The molecule has 8 nitrogen and oxygen atoms in total. The normalized spacial score (nSPS) is 11.0. The first-order chi connectivity index (χ1) is 14.0. The number of hydrogen-bond donors (Lipinski definition) is 1. The Morgan fingerprint density at radius 3 is 2.45 bits per heavy atom. The van der Waals surface area contributed by atoms with Crippen LogP contribution in [0.4, 0.5) is 5.69 Å². The number of aromatic nitrogens is 3. The third-order valence-electron chi connectivity index (χ3n) is 4.63. The lowest BCUT2D eigenvalue weighted by Gasteiger charge is -2.12. The first-order valence-electron chi connectivity index (χ1n) is 9.01. The molecule has 2 aromatic carbocycles. The van der Waals surface area contributed by atoms with Gasteiger partial charge in [-0.2, -0.15) is 5.10 Å². The molecule has 0 saturated heterocycles. The van der Waals surface area contributed by atoms with Crippen LogP contribution in [0.1, 0.15) is 5.69 Å². The van der Waals surface area contributed by atoms with Crippen molar-refractivity contribution in [1.82, 2.24) is 14.2 Å². The predicted octanol–water partition coefficient (Wildman–Crippen LogP) is 2.61. The highest BCUT2D eigenvalue weighted by Crippen LogP contribution is 2.25. The summed E-state index contributed by atoms with van der Waals surface area (Å²) in [4.78, 5) is 25.8. The number of carbonyl (C=O) groups is 1. The fourth-order valence-electron chi connectivity index (χ4n) is 3.32. The van der Waals surface area contributed by atoms with E-state index in [2.05, 4.69) is 10.4 Å². The van der Waals surface area contributed by atoms with Gasteiger partial charge in [0, 0.05) is 30.0 Å². The van der Waals surface area contributed by atoms with Crippen LogP contribution in [0.3, 0.4) is 0 Å². The van der Waals surface area contributed by atoms with Crippen LogP contribution >= 0.6 is 0 Å². The van der Waals surface area contributed by atoms with E-state index in [0.29, 0.717) is 33.7 Å². The summed E-state index contributed by atoms with van der Waals surface area (Å²) in [5, 5.41) is 7.77. The summed E-state index contributed by atoms with van der Waals surface area (Å²) in [7, 11) is 3.07. The van der Waals surface area contributed by atoms with E-state index in [1.54, 1.807) is 40.9 Å². The van der Waals surface area contributed by atoms with E-state index < -0.39 is 0 Å². The Morgan fingerprint density at radius 1 is 1.07 bits per heavy atom. The molecule has 8 heteroatoms. The van der Waals surface area contributed by atoms with Gasteiger partial charge in [0.05, 0.1) is 30.8 Å². The molecule has 148 valence electrons. The zero-order valence-electron chi connectivity index (χ0n) is 16.3. The molecule has 29 heavy (non-hydrogen) atoms. The number of fused-ring (bicyclic) bond motifs is 3. The Kier molecular flexibility index (Phi) is 4.67. The summed E-state index contributed by atoms with van der Waals surface area (Å²) in [5.74, 6) is 0.756. The van der Waals surface area contributed by atoms with Gasteiger partial charge >= 0.3 is 0 Å². The summed E-state index contributed by atoms with van der Waals surface area (Å²) in [5.41, 5.74) is 2.29. The van der Waals surface area contributed by atoms with Gasteiger partial charge in [-0.05, 0) is 19.1 Å². The maximum atomic E-state index is 13.0. The highest BCUT2D eigenvalue weighted by atomic mass is 16.5. The van der Waals surface area contributed by atoms with Crippen molar-refractivity contribution in [2.24, 2.45) is 0 Å². The lowest BCUT2D eigenvalue weighted by Crippen LogP contribution is -2.29. The molecule has 0 atom stereocenters. The second-order valence-electron chi connectivity index (χ2n) is 6.61. The van der Waals surface area contributed by atoms with Crippen molar-refractivity contribution in [3.05, 3.63) is 64.6 Å². The monoisotopic (exact) mass is 392 g/mol. The molecule has 0 spiro atoms. The van der Waals surface area contributed by atoms with E-state index in [-0.39, 0.29) is 18.0 Å². The maximum Gasteiger partial charge on any atom is 0.262 e. The quantitative estimate of drug-likeness (QED) is 0.564. The zero-order valence-corrected chi connectivity index (χ0v) is 16.3. The van der Waals surface area contributed by atoms with Gasteiger partial charge < -0.3 is 14.8 Å². The van der Waals surface area contributed by atoms with Crippen molar-refractivity contribution in [3.63, 3.8) is 0 Å². The first kappa shape index (κ1) is 18.5. The molecule has 4 aromatic rings. The Labute approximate surface area is 166 Å². The molecule has 1 N–H and O–H groups in total. The minimum Gasteiger partial charge on any atom is -0.497 e. The van der Waals surface area contributed by atoms with Crippen LogP contribution in [-0.4, -0.2) is 34.3 Å². The predicted molar refractivity (Wildman–Crippen MR) is 110 cm³/mol. The molecule has 0 aliphatic rings. The number of rotatable bonds is 5. The number of aryl methyl sites for hydroxylation is 1. The van der Waals surface area contributed by atoms with Crippen molar-refractivity contribution in [3.8, 4) is 11.5 Å². The fraction of sp³-hybridized carbons (Fsp3) is 0.190. The third-order valence-corrected chi connectivity index (χ3v) is 4.63.